The number of nitriles is 1. The third-order valence-corrected chi connectivity index (χ3v) is 3.45. The first kappa shape index (κ1) is 14.8. The third-order valence-electron chi connectivity index (χ3n) is 3.45. The lowest BCUT2D eigenvalue weighted by Gasteiger charge is -2.25. The van der Waals surface area contributed by atoms with Crippen molar-refractivity contribution in [3.8, 4) is 6.07 Å². The highest BCUT2D eigenvalue weighted by Crippen LogP contribution is 2.22. The van der Waals surface area contributed by atoms with E-state index in [0.29, 0.717) is 13.0 Å². The van der Waals surface area contributed by atoms with Crippen molar-refractivity contribution in [2.24, 2.45) is 0 Å². The zero-order valence-corrected chi connectivity index (χ0v) is 12.1. The summed E-state index contributed by atoms with van der Waals surface area (Å²) >= 11 is 0. The minimum atomic E-state index is -0.231. The maximum atomic E-state index is 12.8. The molecule has 21 heavy (non-hydrogen) atoms. The van der Waals surface area contributed by atoms with E-state index in [9.17, 15) is 4.79 Å². The van der Waals surface area contributed by atoms with Gasteiger partial charge in [0.15, 0.2) is 0 Å². The molecular formula is C18H18N2O. The van der Waals surface area contributed by atoms with Gasteiger partial charge in [-0.3, -0.25) is 4.79 Å². The van der Waals surface area contributed by atoms with Crippen LogP contribution >= 0.6 is 0 Å². The molecule has 0 aliphatic carbocycles. The second-order valence-corrected chi connectivity index (χ2v) is 4.87. The molecule has 1 atom stereocenters. The summed E-state index contributed by atoms with van der Waals surface area (Å²) in [7, 11) is 0. The lowest BCUT2D eigenvalue weighted by molar-refractivity contribution is -0.119. The van der Waals surface area contributed by atoms with E-state index >= 15 is 0 Å². The zero-order valence-electron chi connectivity index (χ0n) is 12.1. The molecule has 2 aromatic rings. The van der Waals surface area contributed by atoms with Crippen LogP contribution in [-0.2, 0) is 4.79 Å². The average Bonchev–Trinajstić information content (AvgIpc) is 2.56. The fourth-order valence-corrected chi connectivity index (χ4v) is 2.25. The normalized spacial score (nSPS) is 11.4. The fraction of sp³-hybridized carbons (Fsp3) is 0.222. The first-order valence-corrected chi connectivity index (χ1v) is 7.02. The van der Waals surface area contributed by atoms with Gasteiger partial charge in [-0.05, 0) is 24.6 Å². The molecule has 0 spiro atoms. The summed E-state index contributed by atoms with van der Waals surface area (Å²) in [5, 5.41) is 8.81. The molecule has 2 rings (SSSR count). The monoisotopic (exact) mass is 278 g/mol. The number of hydrogen-bond acceptors (Lipinski definition) is 2. The van der Waals surface area contributed by atoms with Crippen molar-refractivity contribution in [1.82, 2.24) is 0 Å². The molecule has 0 radical (unpaired) electrons. The van der Waals surface area contributed by atoms with E-state index in [1.807, 2.05) is 67.6 Å². The Bertz CT molecular complexity index is 617. The van der Waals surface area contributed by atoms with Crippen LogP contribution in [0.3, 0.4) is 0 Å². The average molecular weight is 278 g/mol. The number of para-hydroxylation sites is 1. The minimum absolute atomic E-state index is 0.0163. The van der Waals surface area contributed by atoms with E-state index < -0.39 is 0 Å². The summed E-state index contributed by atoms with van der Waals surface area (Å²) in [6.07, 6.45) is 0.322. The lowest BCUT2D eigenvalue weighted by atomic mass is 9.99. The van der Waals surface area contributed by atoms with E-state index in [0.717, 1.165) is 11.3 Å². The second kappa shape index (κ2) is 7.25. The molecule has 2 aromatic carbocycles. The van der Waals surface area contributed by atoms with Gasteiger partial charge in [-0.15, -0.1) is 0 Å². The summed E-state index contributed by atoms with van der Waals surface area (Å²) in [6, 6.07) is 21.3. The molecule has 1 unspecified atom stereocenters. The summed E-state index contributed by atoms with van der Waals surface area (Å²) in [6.45, 7) is 2.32. The molecule has 3 heteroatoms. The molecule has 0 aromatic heterocycles. The van der Waals surface area contributed by atoms with Gasteiger partial charge in [0.2, 0.25) is 5.91 Å². The second-order valence-electron chi connectivity index (χ2n) is 4.87. The Morgan fingerprint density at radius 2 is 1.67 bits per heavy atom. The van der Waals surface area contributed by atoms with Crippen LogP contribution in [0.2, 0.25) is 0 Å². The number of rotatable bonds is 5. The van der Waals surface area contributed by atoms with E-state index in [1.54, 1.807) is 4.90 Å². The number of benzene rings is 2. The van der Waals surface area contributed by atoms with Crippen LogP contribution in [-0.4, -0.2) is 12.5 Å². The van der Waals surface area contributed by atoms with Gasteiger partial charge in [0.1, 0.15) is 0 Å². The number of amides is 1. The van der Waals surface area contributed by atoms with Crippen molar-refractivity contribution in [3.05, 3.63) is 66.2 Å². The van der Waals surface area contributed by atoms with Gasteiger partial charge in [0, 0.05) is 12.2 Å². The van der Waals surface area contributed by atoms with Crippen molar-refractivity contribution in [2.45, 2.75) is 19.3 Å². The molecule has 0 aliphatic rings. The maximum Gasteiger partial charge on any atom is 0.234 e. The van der Waals surface area contributed by atoms with Crippen molar-refractivity contribution >= 4 is 11.6 Å². The van der Waals surface area contributed by atoms with Crippen molar-refractivity contribution in [3.63, 3.8) is 0 Å². The van der Waals surface area contributed by atoms with Crippen LogP contribution in [0.4, 0.5) is 5.69 Å². The van der Waals surface area contributed by atoms with Gasteiger partial charge >= 0.3 is 0 Å². The molecule has 0 bridgehead atoms. The van der Waals surface area contributed by atoms with E-state index in [-0.39, 0.29) is 11.8 Å². The Morgan fingerprint density at radius 3 is 2.24 bits per heavy atom. The van der Waals surface area contributed by atoms with Crippen molar-refractivity contribution in [1.29, 1.82) is 5.26 Å². The zero-order chi connectivity index (χ0) is 15.1. The molecule has 0 saturated carbocycles. The Kier molecular flexibility index (Phi) is 5.11. The van der Waals surface area contributed by atoms with Gasteiger partial charge in [0.05, 0.1) is 18.4 Å². The molecule has 0 saturated heterocycles. The van der Waals surface area contributed by atoms with Crippen molar-refractivity contribution < 1.29 is 4.79 Å². The summed E-state index contributed by atoms with van der Waals surface area (Å²) in [5.74, 6) is -0.215. The molecule has 0 heterocycles. The summed E-state index contributed by atoms with van der Waals surface area (Å²) in [5.41, 5.74) is 1.82. The highest BCUT2D eigenvalue weighted by Gasteiger charge is 2.22. The van der Waals surface area contributed by atoms with E-state index in [1.165, 1.54) is 0 Å². The standard InChI is InChI=1S/C18H18N2O/c1-15(16-9-4-2-5-10-16)18(21)20(14-8-13-19)17-11-6-3-7-12-17/h2-7,9-12,15H,8,14H2,1H3. The molecule has 1 amide bonds. The van der Waals surface area contributed by atoms with Gasteiger partial charge in [0.25, 0.3) is 0 Å². The number of hydrogen-bond donors (Lipinski definition) is 0. The number of anilines is 1. The SMILES string of the molecule is CC(C(=O)N(CCC#N)c1ccccc1)c1ccccc1. The van der Waals surface area contributed by atoms with E-state index in [4.69, 9.17) is 5.26 Å². The Balaban J connectivity index is 2.24. The highest BCUT2D eigenvalue weighted by molar-refractivity contribution is 5.97. The quantitative estimate of drug-likeness (QED) is 0.836. The topological polar surface area (TPSA) is 44.1 Å². The van der Waals surface area contributed by atoms with E-state index in [2.05, 4.69) is 6.07 Å². The predicted octanol–water partition coefficient (Wildman–Crippen LogP) is 3.74. The first-order valence-electron chi connectivity index (χ1n) is 7.02. The smallest absolute Gasteiger partial charge is 0.234 e. The van der Waals surface area contributed by atoms with Crippen LogP contribution in [0.5, 0.6) is 0 Å². The van der Waals surface area contributed by atoms with Crippen molar-refractivity contribution in [2.75, 3.05) is 11.4 Å². The summed E-state index contributed by atoms with van der Waals surface area (Å²) < 4.78 is 0. The van der Waals surface area contributed by atoms with Gasteiger partial charge in [-0.2, -0.15) is 5.26 Å². The molecular weight excluding hydrogens is 260 g/mol. The molecule has 3 nitrogen and oxygen atoms in total. The summed E-state index contributed by atoms with van der Waals surface area (Å²) in [4.78, 5) is 14.5. The molecule has 0 fully saturated rings. The van der Waals surface area contributed by atoms with Gasteiger partial charge in [-0.25, -0.2) is 0 Å². The Morgan fingerprint density at radius 1 is 1.10 bits per heavy atom. The first-order chi connectivity index (χ1) is 10.2. The fourth-order valence-electron chi connectivity index (χ4n) is 2.25. The highest BCUT2D eigenvalue weighted by atomic mass is 16.2. The molecule has 0 aliphatic heterocycles. The maximum absolute atomic E-state index is 12.8. The van der Waals surface area contributed by atoms with Crippen LogP contribution in [0, 0.1) is 11.3 Å². The van der Waals surface area contributed by atoms with Crippen LogP contribution < -0.4 is 4.90 Å². The number of nitrogens with zero attached hydrogens (tertiary/aromatic N) is 2. The van der Waals surface area contributed by atoms with Gasteiger partial charge < -0.3 is 4.90 Å². The van der Waals surface area contributed by atoms with Crippen LogP contribution in [0.25, 0.3) is 0 Å². The largest absolute Gasteiger partial charge is 0.311 e. The number of carbonyl (C=O) groups is 1. The number of carbonyl (C=O) groups excluding carboxylic acids is 1. The Hall–Kier alpha value is -2.60. The lowest BCUT2D eigenvalue weighted by Crippen LogP contribution is -2.35. The van der Waals surface area contributed by atoms with Crippen LogP contribution in [0.1, 0.15) is 24.8 Å². The Labute approximate surface area is 125 Å². The molecule has 106 valence electrons. The van der Waals surface area contributed by atoms with Gasteiger partial charge in [-0.1, -0.05) is 48.5 Å². The minimum Gasteiger partial charge on any atom is -0.311 e. The predicted molar refractivity (Wildman–Crippen MR) is 83.9 cm³/mol. The third kappa shape index (κ3) is 3.70. The molecule has 0 N–H and O–H groups in total. The van der Waals surface area contributed by atoms with Crippen LogP contribution in [0.15, 0.2) is 60.7 Å².